The number of hydrogen-bond acceptors (Lipinski definition) is 0. The SMILES string of the molecule is CC.Cc1c(Br)c(C(C)(C)C)c(C)n1C. The maximum atomic E-state index is 3.67. The standard InChI is InChI=1S/C11H18BrN.C2H6/c1-7-9(11(3,4)5)10(12)8(2)13(7)6;1-2/h1-6H3;1-2H3. The molecule has 0 amide bonds. The molecule has 1 rings (SSSR count). The van der Waals surface area contributed by atoms with Crippen LogP contribution in [-0.4, -0.2) is 4.57 Å². The first-order valence-corrected chi connectivity index (χ1v) is 6.38. The average molecular weight is 274 g/mol. The van der Waals surface area contributed by atoms with Gasteiger partial charge in [-0.3, -0.25) is 0 Å². The Kier molecular flexibility index (Phi) is 5.12. The van der Waals surface area contributed by atoms with Crippen LogP contribution in [0.15, 0.2) is 4.47 Å². The molecular weight excluding hydrogens is 250 g/mol. The summed E-state index contributed by atoms with van der Waals surface area (Å²) in [5.74, 6) is 0. The van der Waals surface area contributed by atoms with Crippen molar-refractivity contribution in [2.75, 3.05) is 0 Å². The third-order valence-electron chi connectivity index (χ3n) is 2.66. The zero-order valence-electron chi connectivity index (χ0n) is 11.3. The van der Waals surface area contributed by atoms with Crippen LogP contribution in [0.3, 0.4) is 0 Å². The van der Waals surface area contributed by atoms with Crippen molar-refractivity contribution in [3.8, 4) is 0 Å². The van der Waals surface area contributed by atoms with Crippen LogP contribution in [0.2, 0.25) is 0 Å². The Labute approximate surface area is 103 Å². The number of aromatic nitrogens is 1. The fourth-order valence-electron chi connectivity index (χ4n) is 1.78. The smallest absolute Gasteiger partial charge is 0.0421 e. The van der Waals surface area contributed by atoms with Gasteiger partial charge in [-0.2, -0.15) is 0 Å². The zero-order valence-corrected chi connectivity index (χ0v) is 12.9. The van der Waals surface area contributed by atoms with Gasteiger partial charge in [0.15, 0.2) is 0 Å². The largest absolute Gasteiger partial charge is 0.351 e. The molecule has 0 aromatic carbocycles. The predicted octanol–water partition coefficient (Wildman–Crippen LogP) is 4.73. The van der Waals surface area contributed by atoms with Crippen molar-refractivity contribution in [3.63, 3.8) is 0 Å². The molecule has 0 aliphatic rings. The summed E-state index contributed by atoms with van der Waals surface area (Å²) in [6, 6.07) is 0. The van der Waals surface area contributed by atoms with Crippen LogP contribution >= 0.6 is 15.9 Å². The van der Waals surface area contributed by atoms with E-state index in [1.54, 1.807) is 0 Å². The Morgan fingerprint density at radius 1 is 1.00 bits per heavy atom. The van der Waals surface area contributed by atoms with E-state index >= 15 is 0 Å². The summed E-state index contributed by atoms with van der Waals surface area (Å²) in [5.41, 5.74) is 4.31. The van der Waals surface area contributed by atoms with E-state index in [1.807, 2.05) is 13.8 Å². The second-order valence-electron chi connectivity index (χ2n) is 4.67. The van der Waals surface area contributed by atoms with Crippen LogP contribution in [0.4, 0.5) is 0 Å². The lowest BCUT2D eigenvalue weighted by atomic mass is 9.87. The van der Waals surface area contributed by atoms with Gasteiger partial charge in [-0.15, -0.1) is 0 Å². The lowest BCUT2D eigenvalue weighted by Gasteiger charge is -2.19. The summed E-state index contributed by atoms with van der Waals surface area (Å²) >= 11 is 3.67. The Balaban J connectivity index is 0.000000921. The van der Waals surface area contributed by atoms with E-state index in [9.17, 15) is 0 Å². The monoisotopic (exact) mass is 273 g/mol. The van der Waals surface area contributed by atoms with Gasteiger partial charge in [-0.25, -0.2) is 0 Å². The Morgan fingerprint density at radius 2 is 1.40 bits per heavy atom. The summed E-state index contributed by atoms with van der Waals surface area (Å²) in [6.45, 7) is 15.1. The van der Waals surface area contributed by atoms with Gasteiger partial charge in [-0.1, -0.05) is 34.6 Å². The maximum absolute atomic E-state index is 3.67. The van der Waals surface area contributed by atoms with E-state index < -0.39 is 0 Å². The molecule has 1 nitrogen and oxygen atoms in total. The molecule has 1 heterocycles. The Bertz CT molecular complexity index is 304. The van der Waals surface area contributed by atoms with E-state index in [-0.39, 0.29) is 5.41 Å². The molecule has 1 aromatic heterocycles. The van der Waals surface area contributed by atoms with Gasteiger partial charge < -0.3 is 4.57 Å². The van der Waals surface area contributed by atoms with Crippen molar-refractivity contribution in [3.05, 3.63) is 21.4 Å². The molecule has 0 spiro atoms. The second-order valence-corrected chi connectivity index (χ2v) is 5.46. The molecule has 0 radical (unpaired) electrons. The van der Waals surface area contributed by atoms with E-state index in [2.05, 4.69) is 62.2 Å². The lowest BCUT2D eigenvalue weighted by molar-refractivity contribution is 0.581. The number of nitrogens with zero attached hydrogens (tertiary/aromatic N) is 1. The van der Waals surface area contributed by atoms with E-state index in [0.29, 0.717) is 0 Å². The van der Waals surface area contributed by atoms with Gasteiger partial charge in [0.05, 0.1) is 0 Å². The van der Waals surface area contributed by atoms with E-state index in [0.717, 1.165) is 0 Å². The first-order valence-electron chi connectivity index (χ1n) is 5.58. The molecule has 1 aromatic rings. The van der Waals surface area contributed by atoms with Crippen molar-refractivity contribution in [1.29, 1.82) is 0 Å². The van der Waals surface area contributed by atoms with Crippen LogP contribution < -0.4 is 0 Å². The summed E-state index contributed by atoms with van der Waals surface area (Å²) in [4.78, 5) is 0. The minimum absolute atomic E-state index is 0.217. The molecule has 0 bridgehead atoms. The van der Waals surface area contributed by atoms with E-state index in [4.69, 9.17) is 0 Å². The molecule has 0 saturated carbocycles. The van der Waals surface area contributed by atoms with Gasteiger partial charge in [0.1, 0.15) is 0 Å². The summed E-state index contributed by atoms with van der Waals surface area (Å²) < 4.78 is 3.50. The first-order chi connectivity index (χ1) is 6.76. The number of halogens is 1. The Morgan fingerprint density at radius 3 is 1.53 bits per heavy atom. The summed E-state index contributed by atoms with van der Waals surface area (Å²) in [7, 11) is 2.12. The third kappa shape index (κ3) is 2.87. The fourth-order valence-corrected chi connectivity index (χ4v) is 2.93. The van der Waals surface area contributed by atoms with Crippen LogP contribution in [0, 0.1) is 13.8 Å². The fraction of sp³-hybridized carbons (Fsp3) is 0.692. The first kappa shape index (κ1) is 14.8. The molecule has 0 atom stereocenters. The lowest BCUT2D eigenvalue weighted by Crippen LogP contribution is -2.12. The molecule has 0 N–H and O–H groups in total. The van der Waals surface area contributed by atoms with Crippen molar-refractivity contribution in [1.82, 2.24) is 4.57 Å². The molecular formula is C13H24BrN. The summed E-state index contributed by atoms with van der Waals surface area (Å²) in [6.07, 6.45) is 0. The topological polar surface area (TPSA) is 4.93 Å². The van der Waals surface area contributed by atoms with Crippen LogP contribution in [0.25, 0.3) is 0 Å². The van der Waals surface area contributed by atoms with Gasteiger partial charge in [0.2, 0.25) is 0 Å². The molecule has 0 aliphatic carbocycles. The quantitative estimate of drug-likeness (QED) is 0.644. The van der Waals surface area contributed by atoms with Crippen molar-refractivity contribution in [2.45, 2.75) is 53.9 Å². The highest BCUT2D eigenvalue weighted by atomic mass is 79.9. The molecule has 88 valence electrons. The third-order valence-corrected chi connectivity index (χ3v) is 3.63. The van der Waals surface area contributed by atoms with E-state index in [1.165, 1.54) is 21.4 Å². The highest BCUT2D eigenvalue weighted by Gasteiger charge is 2.24. The predicted molar refractivity (Wildman–Crippen MR) is 72.6 cm³/mol. The highest BCUT2D eigenvalue weighted by molar-refractivity contribution is 9.10. The van der Waals surface area contributed by atoms with Gasteiger partial charge in [0.25, 0.3) is 0 Å². The molecule has 0 aliphatic heterocycles. The molecule has 0 fully saturated rings. The van der Waals surface area contributed by atoms with Gasteiger partial charge in [0, 0.05) is 22.9 Å². The van der Waals surface area contributed by atoms with Crippen LogP contribution in [0.5, 0.6) is 0 Å². The van der Waals surface area contributed by atoms with Crippen LogP contribution in [-0.2, 0) is 12.5 Å². The van der Waals surface area contributed by atoms with Crippen LogP contribution in [0.1, 0.15) is 51.6 Å². The average Bonchev–Trinajstić information content (AvgIpc) is 2.33. The molecule has 2 heteroatoms. The molecule has 0 unspecified atom stereocenters. The van der Waals surface area contributed by atoms with Gasteiger partial charge >= 0.3 is 0 Å². The molecule has 0 saturated heterocycles. The summed E-state index contributed by atoms with van der Waals surface area (Å²) in [5, 5.41) is 0. The van der Waals surface area contributed by atoms with Crippen molar-refractivity contribution in [2.24, 2.45) is 7.05 Å². The highest BCUT2D eigenvalue weighted by Crippen LogP contribution is 2.35. The Hall–Kier alpha value is -0.240. The normalized spacial score (nSPS) is 11.0. The zero-order chi connectivity index (χ0) is 12.4. The maximum Gasteiger partial charge on any atom is 0.0421 e. The second kappa shape index (κ2) is 5.20. The van der Waals surface area contributed by atoms with Gasteiger partial charge in [-0.05, 0) is 40.8 Å². The molecule has 15 heavy (non-hydrogen) atoms. The van der Waals surface area contributed by atoms with Crippen molar-refractivity contribution < 1.29 is 0 Å². The minimum atomic E-state index is 0.217. The minimum Gasteiger partial charge on any atom is -0.351 e. The number of hydrogen-bond donors (Lipinski definition) is 0. The number of rotatable bonds is 0. The van der Waals surface area contributed by atoms with Crippen molar-refractivity contribution >= 4 is 15.9 Å².